The molecule has 1 aromatic rings. The molecule has 0 spiro atoms. The van der Waals surface area contributed by atoms with Crippen LogP contribution in [-0.2, 0) is 4.79 Å². The number of benzene rings is 1. The van der Waals surface area contributed by atoms with Crippen molar-refractivity contribution in [3.63, 3.8) is 0 Å². The molecule has 19 heavy (non-hydrogen) atoms. The Kier molecular flexibility index (Phi) is 6.60. The molecule has 0 saturated carbocycles. The molecule has 106 valence electrons. The number of nitrogens with one attached hydrogen (secondary N) is 1. The minimum absolute atomic E-state index is 0.103. The maximum absolute atomic E-state index is 11.0. The van der Waals surface area contributed by atoms with E-state index in [0.29, 0.717) is 18.6 Å². The molecule has 0 aromatic heterocycles. The van der Waals surface area contributed by atoms with Crippen LogP contribution in [0, 0.1) is 0 Å². The first kappa shape index (κ1) is 16.3. The number of hydrogen-bond acceptors (Lipinski definition) is 4. The lowest BCUT2D eigenvalue weighted by atomic mass is 10.2. The normalized spacial score (nSPS) is 11.8. The van der Waals surface area contributed by atoms with Gasteiger partial charge in [-0.3, -0.25) is 10.2 Å². The van der Waals surface area contributed by atoms with Crippen molar-refractivity contribution in [1.82, 2.24) is 5.43 Å². The van der Waals surface area contributed by atoms with Gasteiger partial charge in [-0.1, -0.05) is 0 Å². The maximum atomic E-state index is 11.0. The van der Waals surface area contributed by atoms with Crippen LogP contribution in [0.2, 0.25) is 0 Å². The van der Waals surface area contributed by atoms with E-state index >= 15 is 0 Å². The first-order valence-electron chi connectivity index (χ1n) is 5.67. The Hall–Kier alpha value is -0.790. The van der Waals surface area contributed by atoms with E-state index in [4.69, 9.17) is 15.3 Å². The van der Waals surface area contributed by atoms with Crippen LogP contribution in [0.5, 0.6) is 11.5 Å². The zero-order valence-corrected chi connectivity index (χ0v) is 13.9. The van der Waals surface area contributed by atoms with E-state index in [-0.39, 0.29) is 12.0 Å². The molecule has 0 aliphatic rings. The second-order valence-electron chi connectivity index (χ2n) is 3.95. The standard InChI is InChI=1S/C12H16Br2N2O3/c1-7(3-4-12(17)16-15)19-11-6-8(13)10(18-2)5-9(11)14/h5-7H,3-4,15H2,1-2H3,(H,16,17). The summed E-state index contributed by atoms with van der Waals surface area (Å²) < 4.78 is 12.5. The highest BCUT2D eigenvalue weighted by Crippen LogP contribution is 2.36. The fourth-order valence-corrected chi connectivity index (χ4v) is 2.34. The number of halogens is 2. The van der Waals surface area contributed by atoms with Crippen molar-refractivity contribution in [2.45, 2.75) is 25.9 Å². The number of carbonyl (C=O) groups is 1. The van der Waals surface area contributed by atoms with Gasteiger partial charge in [0.05, 0.1) is 22.2 Å². The smallest absolute Gasteiger partial charge is 0.234 e. The predicted octanol–water partition coefficient (Wildman–Crippen LogP) is 2.76. The summed E-state index contributed by atoms with van der Waals surface area (Å²) in [7, 11) is 1.60. The third-order valence-corrected chi connectivity index (χ3v) is 3.71. The molecule has 0 radical (unpaired) electrons. The lowest BCUT2D eigenvalue weighted by Gasteiger charge is -2.16. The summed E-state index contributed by atoms with van der Waals surface area (Å²) in [5.74, 6) is 6.22. The van der Waals surface area contributed by atoms with Crippen molar-refractivity contribution >= 4 is 37.8 Å². The lowest BCUT2D eigenvalue weighted by molar-refractivity contribution is -0.121. The van der Waals surface area contributed by atoms with E-state index < -0.39 is 0 Å². The molecule has 0 heterocycles. The van der Waals surface area contributed by atoms with E-state index in [0.717, 1.165) is 14.7 Å². The van der Waals surface area contributed by atoms with E-state index in [1.54, 1.807) is 7.11 Å². The molecule has 0 aliphatic carbocycles. The number of hydrazine groups is 1. The highest BCUT2D eigenvalue weighted by Gasteiger charge is 2.12. The van der Waals surface area contributed by atoms with Crippen molar-refractivity contribution in [3.05, 3.63) is 21.1 Å². The van der Waals surface area contributed by atoms with Crippen LogP contribution in [0.4, 0.5) is 0 Å². The Balaban J connectivity index is 2.66. The first-order chi connectivity index (χ1) is 8.97. The fraction of sp³-hybridized carbons (Fsp3) is 0.417. The van der Waals surface area contributed by atoms with Gasteiger partial charge in [-0.25, -0.2) is 5.84 Å². The number of hydrogen-bond donors (Lipinski definition) is 2. The SMILES string of the molecule is COc1cc(Br)c(OC(C)CCC(=O)NN)cc1Br. The van der Waals surface area contributed by atoms with Gasteiger partial charge in [0.1, 0.15) is 11.5 Å². The molecule has 3 N–H and O–H groups in total. The van der Waals surface area contributed by atoms with E-state index in [1.165, 1.54) is 0 Å². The topological polar surface area (TPSA) is 73.6 Å². The number of amides is 1. The number of methoxy groups -OCH3 is 1. The minimum Gasteiger partial charge on any atom is -0.496 e. The number of carbonyl (C=O) groups excluding carboxylic acids is 1. The largest absolute Gasteiger partial charge is 0.496 e. The van der Waals surface area contributed by atoms with Crippen LogP contribution in [0.3, 0.4) is 0 Å². The summed E-state index contributed by atoms with van der Waals surface area (Å²) in [6.07, 6.45) is 0.806. The maximum Gasteiger partial charge on any atom is 0.234 e. The van der Waals surface area contributed by atoms with Crippen LogP contribution >= 0.6 is 31.9 Å². The van der Waals surface area contributed by atoms with Crippen molar-refractivity contribution in [2.75, 3.05) is 7.11 Å². The predicted molar refractivity (Wildman–Crippen MR) is 80.0 cm³/mol. The zero-order chi connectivity index (χ0) is 14.4. The molecule has 0 aliphatic heterocycles. The van der Waals surface area contributed by atoms with Crippen LogP contribution in [-0.4, -0.2) is 19.1 Å². The van der Waals surface area contributed by atoms with Crippen molar-refractivity contribution in [1.29, 1.82) is 0 Å². The van der Waals surface area contributed by atoms with Gasteiger partial charge < -0.3 is 9.47 Å². The average Bonchev–Trinajstić information content (AvgIpc) is 2.39. The van der Waals surface area contributed by atoms with Crippen LogP contribution < -0.4 is 20.7 Å². The first-order valence-corrected chi connectivity index (χ1v) is 7.25. The summed E-state index contributed by atoms with van der Waals surface area (Å²) in [5, 5.41) is 0. The molecule has 1 aromatic carbocycles. The van der Waals surface area contributed by atoms with Gasteiger partial charge in [-0.05, 0) is 57.3 Å². The fourth-order valence-electron chi connectivity index (χ4n) is 1.44. The highest BCUT2D eigenvalue weighted by molar-refractivity contribution is 9.11. The van der Waals surface area contributed by atoms with Crippen LogP contribution in [0.15, 0.2) is 21.1 Å². The van der Waals surface area contributed by atoms with E-state index in [1.807, 2.05) is 19.1 Å². The average molecular weight is 396 g/mol. The third kappa shape index (κ3) is 5.00. The Labute approximate surface area is 129 Å². The van der Waals surface area contributed by atoms with Gasteiger partial charge in [-0.2, -0.15) is 0 Å². The molecule has 0 saturated heterocycles. The minimum atomic E-state index is -0.203. The molecular weight excluding hydrogens is 380 g/mol. The third-order valence-electron chi connectivity index (χ3n) is 2.47. The second kappa shape index (κ2) is 7.72. The summed E-state index contributed by atoms with van der Waals surface area (Å²) in [6, 6.07) is 3.64. The molecule has 0 fully saturated rings. The molecule has 5 nitrogen and oxygen atoms in total. The monoisotopic (exact) mass is 394 g/mol. The van der Waals surface area contributed by atoms with Gasteiger partial charge in [-0.15, -0.1) is 0 Å². The summed E-state index contributed by atoms with van der Waals surface area (Å²) in [6.45, 7) is 1.90. The highest BCUT2D eigenvalue weighted by atomic mass is 79.9. The van der Waals surface area contributed by atoms with Gasteiger partial charge >= 0.3 is 0 Å². The van der Waals surface area contributed by atoms with Gasteiger partial charge in [0, 0.05) is 6.42 Å². The van der Waals surface area contributed by atoms with Crippen molar-refractivity contribution in [3.8, 4) is 11.5 Å². The van der Waals surface area contributed by atoms with Gasteiger partial charge in [0.25, 0.3) is 0 Å². The Morgan fingerprint density at radius 1 is 1.37 bits per heavy atom. The molecular formula is C12H16Br2N2O3. The van der Waals surface area contributed by atoms with Crippen molar-refractivity contribution < 1.29 is 14.3 Å². The van der Waals surface area contributed by atoms with Crippen LogP contribution in [0.25, 0.3) is 0 Å². The lowest BCUT2D eigenvalue weighted by Crippen LogP contribution is -2.30. The Morgan fingerprint density at radius 3 is 2.53 bits per heavy atom. The number of rotatable bonds is 6. The molecule has 7 heteroatoms. The van der Waals surface area contributed by atoms with Gasteiger partial charge in [0.2, 0.25) is 5.91 Å². The summed E-state index contributed by atoms with van der Waals surface area (Å²) in [5.41, 5.74) is 2.09. The quantitative estimate of drug-likeness (QED) is 0.441. The molecule has 1 atom stereocenters. The molecule has 1 unspecified atom stereocenters. The molecule has 1 rings (SSSR count). The van der Waals surface area contributed by atoms with E-state index in [2.05, 4.69) is 37.3 Å². The van der Waals surface area contributed by atoms with E-state index in [9.17, 15) is 4.79 Å². The summed E-state index contributed by atoms with van der Waals surface area (Å²) >= 11 is 6.82. The molecule has 1 amide bonds. The van der Waals surface area contributed by atoms with Crippen molar-refractivity contribution in [2.24, 2.45) is 5.84 Å². The Bertz CT molecular complexity index is 455. The number of ether oxygens (including phenoxy) is 2. The second-order valence-corrected chi connectivity index (χ2v) is 5.66. The zero-order valence-electron chi connectivity index (χ0n) is 10.7. The summed E-state index contributed by atoms with van der Waals surface area (Å²) in [4.78, 5) is 11.0. The molecule has 0 bridgehead atoms. The Morgan fingerprint density at radius 2 is 1.95 bits per heavy atom. The number of nitrogens with two attached hydrogens (primary N) is 1. The van der Waals surface area contributed by atoms with Crippen LogP contribution in [0.1, 0.15) is 19.8 Å². The van der Waals surface area contributed by atoms with Gasteiger partial charge in [0.15, 0.2) is 0 Å².